The van der Waals surface area contributed by atoms with Crippen LogP contribution in [0.2, 0.25) is 0 Å². The van der Waals surface area contributed by atoms with E-state index in [1.807, 2.05) is 47.4 Å². The minimum absolute atomic E-state index is 0.145. The van der Waals surface area contributed by atoms with Crippen molar-refractivity contribution in [3.63, 3.8) is 0 Å². The van der Waals surface area contributed by atoms with Crippen LogP contribution in [-0.4, -0.2) is 9.78 Å². The highest BCUT2D eigenvalue weighted by Crippen LogP contribution is 2.20. The molecule has 2 N–H and O–H groups in total. The number of para-hydroxylation sites is 1. The fourth-order valence-electron chi connectivity index (χ4n) is 2.37. The summed E-state index contributed by atoms with van der Waals surface area (Å²) in [7, 11) is 0. The molecule has 3 nitrogen and oxygen atoms in total. The molecule has 1 heterocycles. The maximum atomic E-state index is 6.35. The third kappa shape index (κ3) is 2.88. The van der Waals surface area contributed by atoms with Crippen molar-refractivity contribution in [2.45, 2.75) is 19.4 Å². The first-order valence-corrected chi connectivity index (χ1v) is 7.22. The molecule has 0 radical (unpaired) electrons. The van der Waals surface area contributed by atoms with E-state index in [4.69, 9.17) is 5.73 Å². The Morgan fingerprint density at radius 1 is 1.00 bits per heavy atom. The normalized spacial score (nSPS) is 12.3. The molecule has 0 spiro atoms. The highest BCUT2D eigenvalue weighted by atomic mass is 15.3. The van der Waals surface area contributed by atoms with Gasteiger partial charge in [0.2, 0.25) is 0 Å². The highest BCUT2D eigenvalue weighted by molar-refractivity contribution is 5.35. The van der Waals surface area contributed by atoms with Crippen molar-refractivity contribution in [1.29, 1.82) is 0 Å². The third-order valence-electron chi connectivity index (χ3n) is 3.73. The first-order chi connectivity index (χ1) is 10.3. The Hall–Kier alpha value is -2.39. The average Bonchev–Trinajstić information content (AvgIpc) is 3.05. The maximum absolute atomic E-state index is 6.35. The van der Waals surface area contributed by atoms with Crippen LogP contribution in [0.25, 0.3) is 5.69 Å². The predicted octanol–water partition coefficient (Wildman–Crippen LogP) is 3.48. The summed E-state index contributed by atoms with van der Waals surface area (Å²) in [5.74, 6) is 0. The molecule has 3 aromatic rings. The van der Waals surface area contributed by atoms with Crippen molar-refractivity contribution in [1.82, 2.24) is 9.78 Å². The smallest absolute Gasteiger partial charge is 0.0645 e. The van der Waals surface area contributed by atoms with E-state index in [9.17, 15) is 0 Å². The number of aryl methyl sites for hydroxylation is 1. The summed E-state index contributed by atoms with van der Waals surface area (Å²) >= 11 is 0. The van der Waals surface area contributed by atoms with Crippen molar-refractivity contribution in [2.24, 2.45) is 5.73 Å². The Kier molecular flexibility index (Phi) is 3.84. The minimum Gasteiger partial charge on any atom is -0.320 e. The number of nitrogens with two attached hydrogens (primary N) is 1. The molecular weight excluding hydrogens is 258 g/mol. The second kappa shape index (κ2) is 5.94. The second-order valence-corrected chi connectivity index (χ2v) is 5.13. The molecule has 3 rings (SSSR count). The van der Waals surface area contributed by atoms with Gasteiger partial charge in [0.05, 0.1) is 17.9 Å². The van der Waals surface area contributed by atoms with Crippen LogP contribution in [0.5, 0.6) is 0 Å². The van der Waals surface area contributed by atoms with Gasteiger partial charge >= 0.3 is 0 Å². The van der Waals surface area contributed by atoms with Crippen LogP contribution in [-0.2, 0) is 6.42 Å². The third-order valence-corrected chi connectivity index (χ3v) is 3.73. The van der Waals surface area contributed by atoms with Crippen molar-refractivity contribution in [3.05, 3.63) is 83.7 Å². The molecule has 1 aromatic heterocycles. The van der Waals surface area contributed by atoms with Crippen molar-refractivity contribution >= 4 is 0 Å². The van der Waals surface area contributed by atoms with Gasteiger partial charge in [-0.25, -0.2) is 4.68 Å². The SMILES string of the molecule is CCc1ccc(C(N)c2cnn(-c3ccccc3)c2)cc1. The number of rotatable bonds is 4. The Balaban J connectivity index is 1.85. The van der Waals surface area contributed by atoms with Crippen LogP contribution >= 0.6 is 0 Å². The molecule has 3 heteroatoms. The molecule has 106 valence electrons. The summed E-state index contributed by atoms with van der Waals surface area (Å²) in [4.78, 5) is 0. The summed E-state index contributed by atoms with van der Waals surface area (Å²) in [5.41, 5.74) is 10.8. The van der Waals surface area contributed by atoms with Gasteiger partial charge in [-0.1, -0.05) is 49.4 Å². The van der Waals surface area contributed by atoms with Crippen LogP contribution in [0.3, 0.4) is 0 Å². The molecule has 0 fully saturated rings. The maximum Gasteiger partial charge on any atom is 0.0645 e. The topological polar surface area (TPSA) is 43.8 Å². The van der Waals surface area contributed by atoms with Gasteiger partial charge in [-0.3, -0.25) is 0 Å². The van der Waals surface area contributed by atoms with E-state index < -0.39 is 0 Å². The standard InChI is InChI=1S/C18H19N3/c1-2-14-8-10-15(11-9-14)18(19)16-12-20-21(13-16)17-6-4-3-5-7-17/h3-13,18H,2,19H2,1H3. The lowest BCUT2D eigenvalue weighted by molar-refractivity contribution is 0.860. The van der Waals surface area contributed by atoms with E-state index in [1.165, 1.54) is 5.56 Å². The van der Waals surface area contributed by atoms with Crippen LogP contribution in [0.4, 0.5) is 0 Å². The van der Waals surface area contributed by atoms with E-state index in [0.29, 0.717) is 0 Å². The van der Waals surface area contributed by atoms with Crippen molar-refractivity contribution in [2.75, 3.05) is 0 Å². The number of aromatic nitrogens is 2. The Morgan fingerprint density at radius 3 is 2.38 bits per heavy atom. The van der Waals surface area contributed by atoms with Gasteiger partial charge in [0.1, 0.15) is 0 Å². The fourth-order valence-corrected chi connectivity index (χ4v) is 2.37. The molecule has 0 aliphatic heterocycles. The number of benzene rings is 2. The van der Waals surface area contributed by atoms with Crippen molar-refractivity contribution in [3.8, 4) is 5.69 Å². The first-order valence-electron chi connectivity index (χ1n) is 7.22. The number of nitrogens with zero attached hydrogens (tertiary/aromatic N) is 2. The largest absolute Gasteiger partial charge is 0.320 e. The summed E-state index contributed by atoms with van der Waals surface area (Å²) in [6.45, 7) is 2.15. The van der Waals surface area contributed by atoms with Gasteiger partial charge in [0, 0.05) is 11.8 Å². The van der Waals surface area contributed by atoms with Gasteiger partial charge in [0.25, 0.3) is 0 Å². The zero-order valence-electron chi connectivity index (χ0n) is 12.1. The molecule has 2 aromatic carbocycles. The predicted molar refractivity (Wildman–Crippen MR) is 85.4 cm³/mol. The van der Waals surface area contributed by atoms with Crippen LogP contribution < -0.4 is 5.73 Å². The average molecular weight is 277 g/mol. The fraction of sp³-hybridized carbons (Fsp3) is 0.167. The van der Waals surface area contributed by atoms with E-state index in [1.54, 1.807) is 0 Å². The van der Waals surface area contributed by atoms with E-state index in [2.05, 4.69) is 36.3 Å². The lowest BCUT2D eigenvalue weighted by Crippen LogP contribution is -2.11. The van der Waals surface area contributed by atoms with Crippen LogP contribution in [0, 0.1) is 0 Å². The lowest BCUT2D eigenvalue weighted by Gasteiger charge is -2.10. The van der Waals surface area contributed by atoms with Crippen LogP contribution in [0.15, 0.2) is 67.0 Å². The Morgan fingerprint density at radius 2 is 1.71 bits per heavy atom. The summed E-state index contributed by atoms with van der Waals surface area (Å²) < 4.78 is 1.86. The van der Waals surface area contributed by atoms with E-state index in [-0.39, 0.29) is 6.04 Å². The Bertz CT molecular complexity index is 699. The van der Waals surface area contributed by atoms with Gasteiger partial charge in [-0.2, -0.15) is 5.10 Å². The Labute approximate surface area is 125 Å². The number of hydrogen-bond donors (Lipinski definition) is 1. The number of hydrogen-bond acceptors (Lipinski definition) is 2. The molecule has 21 heavy (non-hydrogen) atoms. The molecular formula is C18H19N3. The minimum atomic E-state index is -0.145. The molecule has 1 atom stereocenters. The summed E-state index contributed by atoms with van der Waals surface area (Å²) in [6, 6.07) is 18.4. The van der Waals surface area contributed by atoms with E-state index in [0.717, 1.165) is 23.2 Å². The van der Waals surface area contributed by atoms with E-state index >= 15 is 0 Å². The molecule has 1 unspecified atom stereocenters. The first kappa shape index (κ1) is 13.6. The summed E-state index contributed by atoms with van der Waals surface area (Å²) in [6.07, 6.45) is 4.88. The quantitative estimate of drug-likeness (QED) is 0.793. The molecule has 0 saturated carbocycles. The molecule has 0 aliphatic carbocycles. The molecule has 0 aliphatic rings. The van der Waals surface area contributed by atoms with Gasteiger partial charge in [0.15, 0.2) is 0 Å². The molecule has 0 saturated heterocycles. The van der Waals surface area contributed by atoms with Crippen molar-refractivity contribution < 1.29 is 0 Å². The van der Waals surface area contributed by atoms with Gasteiger partial charge < -0.3 is 5.73 Å². The van der Waals surface area contributed by atoms with Gasteiger partial charge in [-0.15, -0.1) is 0 Å². The van der Waals surface area contributed by atoms with Gasteiger partial charge in [-0.05, 0) is 29.7 Å². The van der Waals surface area contributed by atoms with Crippen LogP contribution in [0.1, 0.15) is 29.7 Å². The zero-order chi connectivity index (χ0) is 14.7. The monoisotopic (exact) mass is 277 g/mol. The zero-order valence-corrected chi connectivity index (χ0v) is 12.1. The second-order valence-electron chi connectivity index (χ2n) is 5.13. The highest BCUT2D eigenvalue weighted by Gasteiger charge is 2.11. The summed E-state index contributed by atoms with van der Waals surface area (Å²) in [5, 5.41) is 4.40. The molecule has 0 bridgehead atoms. The lowest BCUT2D eigenvalue weighted by atomic mass is 10.0. The molecule has 0 amide bonds.